The van der Waals surface area contributed by atoms with Crippen LogP contribution in [0, 0.1) is 0 Å². The summed E-state index contributed by atoms with van der Waals surface area (Å²) in [5, 5.41) is 10.7. The van der Waals surface area contributed by atoms with Crippen LogP contribution in [0.15, 0.2) is 12.1 Å². The summed E-state index contributed by atoms with van der Waals surface area (Å²) in [6, 6.07) is 3.31. The van der Waals surface area contributed by atoms with E-state index in [4.69, 9.17) is 16.2 Å². The van der Waals surface area contributed by atoms with Gasteiger partial charge in [-0.2, -0.15) is 15.0 Å². The van der Waals surface area contributed by atoms with Crippen molar-refractivity contribution in [2.45, 2.75) is 59.0 Å². The second-order valence-corrected chi connectivity index (χ2v) is 8.46. The van der Waals surface area contributed by atoms with E-state index in [-0.39, 0.29) is 40.9 Å². The summed E-state index contributed by atoms with van der Waals surface area (Å²) >= 11 is 0. The number of nitrogens with zero attached hydrogens (tertiary/aromatic N) is 3. The lowest BCUT2D eigenvalue weighted by Gasteiger charge is -2.27. The molecular formula is C19H27N5O3. The Morgan fingerprint density at radius 1 is 0.963 bits per heavy atom. The summed E-state index contributed by atoms with van der Waals surface area (Å²) in [4.78, 5) is 24.1. The Kier molecular flexibility index (Phi) is 5.30. The number of carbonyl (C=O) groups is 1. The maximum absolute atomic E-state index is 12.6. The summed E-state index contributed by atoms with van der Waals surface area (Å²) in [6.07, 6.45) is 0. The Bertz CT molecular complexity index is 811. The summed E-state index contributed by atoms with van der Waals surface area (Å²) < 4.78 is 5.31. The van der Waals surface area contributed by atoms with Crippen LogP contribution in [-0.2, 0) is 22.2 Å². The second kappa shape index (κ2) is 7.02. The first kappa shape index (κ1) is 20.4. The van der Waals surface area contributed by atoms with Crippen molar-refractivity contribution in [2.24, 2.45) is 0 Å². The van der Waals surface area contributed by atoms with Crippen molar-refractivity contribution in [3.8, 4) is 5.75 Å². The Morgan fingerprint density at radius 2 is 1.41 bits per heavy atom. The SMILES string of the molecule is CC(C)(C)c1cc(C(=O)OCc2nc(N)nc(N)n2)cc(C(C)(C)C)c1O. The fourth-order valence-corrected chi connectivity index (χ4v) is 2.63. The van der Waals surface area contributed by atoms with Crippen molar-refractivity contribution in [3.05, 3.63) is 34.6 Å². The number of carbonyl (C=O) groups excluding carboxylic acids is 1. The molecule has 0 aliphatic heterocycles. The van der Waals surface area contributed by atoms with Crippen LogP contribution < -0.4 is 11.5 Å². The predicted molar refractivity (Wildman–Crippen MR) is 103 cm³/mol. The molecule has 2 aromatic rings. The van der Waals surface area contributed by atoms with Crippen LogP contribution >= 0.6 is 0 Å². The number of benzene rings is 1. The van der Waals surface area contributed by atoms with Gasteiger partial charge in [0.1, 0.15) is 5.75 Å². The molecule has 0 aliphatic carbocycles. The number of phenols is 1. The van der Waals surface area contributed by atoms with Gasteiger partial charge in [0.2, 0.25) is 11.9 Å². The number of aromatic nitrogens is 3. The largest absolute Gasteiger partial charge is 0.507 e. The highest BCUT2D eigenvalue weighted by atomic mass is 16.5. The highest BCUT2D eigenvalue weighted by Crippen LogP contribution is 2.39. The van der Waals surface area contributed by atoms with Crippen LogP contribution in [0.25, 0.3) is 0 Å². The van der Waals surface area contributed by atoms with Crippen LogP contribution in [0.5, 0.6) is 5.75 Å². The molecule has 8 nitrogen and oxygen atoms in total. The molecule has 0 unspecified atom stereocenters. The molecule has 8 heteroatoms. The first-order chi connectivity index (χ1) is 12.3. The monoisotopic (exact) mass is 373 g/mol. The molecule has 1 aromatic heterocycles. The molecule has 2 rings (SSSR count). The first-order valence-corrected chi connectivity index (χ1v) is 8.60. The fourth-order valence-electron chi connectivity index (χ4n) is 2.63. The van der Waals surface area contributed by atoms with Gasteiger partial charge in [0, 0.05) is 11.1 Å². The van der Waals surface area contributed by atoms with Crippen molar-refractivity contribution in [1.82, 2.24) is 15.0 Å². The fraction of sp³-hybridized carbons (Fsp3) is 0.474. The number of aromatic hydroxyl groups is 1. The number of hydrogen-bond acceptors (Lipinski definition) is 8. The van der Waals surface area contributed by atoms with Crippen molar-refractivity contribution < 1.29 is 14.6 Å². The van der Waals surface area contributed by atoms with Gasteiger partial charge in [0.25, 0.3) is 0 Å². The van der Waals surface area contributed by atoms with E-state index in [1.807, 2.05) is 41.5 Å². The van der Waals surface area contributed by atoms with Crippen molar-refractivity contribution in [2.75, 3.05) is 11.5 Å². The molecule has 0 spiro atoms. The van der Waals surface area contributed by atoms with Gasteiger partial charge in [-0.05, 0) is 23.0 Å². The van der Waals surface area contributed by atoms with E-state index in [2.05, 4.69) is 15.0 Å². The molecule has 0 fully saturated rings. The molecule has 0 amide bonds. The minimum absolute atomic E-state index is 0.0387. The zero-order chi connectivity index (χ0) is 20.6. The summed E-state index contributed by atoms with van der Waals surface area (Å²) in [5.74, 6) is -0.265. The molecule has 27 heavy (non-hydrogen) atoms. The molecule has 5 N–H and O–H groups in total. The molecule has 0 bridgehead atoms. The topological polar surface area (TPSA) is 137 Å². The Labute approximate surface area is 159 Å². The smallest absolute Gasteiger partial charge is 0.338 e. The molecule has 0 saturated heterocycles. The van der Waals surface area contributed by atoms with E-state index in [0.29, 0.717) is 16.7 Å². The predicted octanol–water partition coefficient (Wildman–Crippen LogP) is 2.69. The van der Waals surface area contributed by atoms with Gasteiger partial charge in [-0.1, -0.05) is 41.5 Å². The van der Waals surface area contributed by atoms with Crippen molar-refractivity contribution in [1.29, 1.82) is 0 Å². The van der Waals surface area contributed by atoms with Crippen LogP contribution in [0.3, 0.4) is 0 Å². The van der Waals surface area contributed by atoms with Gasteiger partial charge in [-0.15, -0.1) is 0 Å². The van der Waals surface area contributed by atoms with E-state index in [1.54, 1.807) is 12.1 Å². The molecule has 0 saturated carbocycles. The summed E-state index contributed by atoms with van der Waals surface area (Å²) in [6.45, 7) is 11.6. The van der Waals surface area contributed by atoms with E-state index < -0.39 is 5.97 Å². The molecule has 1 heterocycles. The maximum atomic E-state index is 12.6. The molecule has 0 radical (unpaired) electrons. The normalized spacial score (nSPS) is 12.1. The van der Waals surface area contributed by atoms with E-state index in [9.17, 15) is 9.90 Å². The minimum atomic E-state index is -0.552. The second-order valence-electron chi connectivity index (χ2n) is 8.46. The number of rotatable bonds is 3. The van der Waals surface area contributed by atoms with Crippen molar-refractivity contribution in [3.63, 3.8) is 0 Å². The molecule has 146 valence electrons. The van der Waals surface area contributed by atoms with Gasteiger partial charge < -0.3 is 21.3 Å². The minimum Gasteiger partial charge on any atom is -0.507 e. The third kappa shape index (κ3) is 4.84. The summed E-state index contributed by atoms with van der Waals surface area (Å²) in [7, 11) is 0. The number of phenolic OH excluding ortho intramolecular Hbond substituents is 1. The van der Waals surface area contributed by atoms with E-state index >= 15 is 0 Å². The van der Waals surface area contributed by atoms with E-state index in [0.717, 1.165) is 0 Å². The number of ether oxygens (including phenoxy) is 1. The zero-order valence-corrected chi connectivity index (χ0v) is 16.6. The standard InChI is InChI=1S/C19H27N5O3/c1-18(2,3)11-7-10(8-12(14(11)25)19(4,5)6)15(26)27-9-13-22-16(20)24-17(21)23-13/h7-8,25H,9H2,1-6H3,(H4,20,21,22,23,24). The third-order valence-electron chi connectivity index (χ3n) is 4.01. The average Bonchev–Trinajstić information content (AvgIpc) is 2.49. The molecular weight excluding hydrogens is 346 g/mol. The van der Waals surface area contributed by atoms with Crippen molar-refractivity contribution >= 4 is 17.9 Å². The highest BCUT2D eigenvalue weighted by Gasteiger charge is 2.28. The quantitative estimate of drug-likeness (QED) is 0.698. The Morgan fingerprint density at radius 3 is 1.81 bits per heavy atom. The Balaban J connectivity index is 2.37. The zero-order valence-electron chi connectivity index (χ0n) is 16.6. The van der Waals surface area contributed by atoms with Crippen LogP contribution in [0.4, 0.5) is 11.9 Å². The average molecular weight is 373 g/mol. The lowest BCUT2D eigenvalue weighted by atomic mass is 9.78. The number of anilines is 2. The van der Waals surface area contributed by atoms with Crippen LogP contribution in [0.1, 0.15) is 68.9 Å². The van der Waals surface area contributed by atoms with Gasteiger partial charge in [-0.25, -0.2) is 4.79 Å². The maximum Gasteiger partial charge on any atom is 0.338 e. The Hall–Kier alpha value is -2.90. The molecule has 1 aromatic carbocycles. The number of nitrogens with two attached hydrogens (primary N) is 2. The highest BCUT2D eigenvalue weighted by molar-refractivity contribution is 5.90. The van der Waals surface area contributed by atoms with Crippen LogP contribution in [0.2, 0.25) is 0 Å². The first-order valence-electron chi connectivity index (χ1n) is 8.60. The molecule has 0 aliphatic rings. The van der Waals surface area contributed by atoms with Gasteiger partial charge in [0.05, 0.1) is 5.56 Å². The van der Waals surface area contributed by atoms with Gasteiger partial charge in [-0.3, -0.25) is 0 Å². The lowest BCUT2D eigenvalue weighted by molar-refractivity contribution is 0.0462. The third-order valence-corrected chi connectivity index (χ3v) is 4.01. The summed E-state index contributed by atoms with van der Waals surface area (Å²) in [5.41, 5.74) is 12.0. The van der Waals surface area contributed by atoms with Crippen LogP contribution in [-0.4, -0.2) is 26.0 Å². The lowest BCUT2D eigenvalue weighted by Crippen LogP contribution is -2.19. The number of nitrogen functional groups attached to an aromatic ring is 2. The van der Waals surface area contributed by atoms with E-state index in [1.165, 1.54) is 0 Å². The van der Waals surface area contributed by atoms with Gasteiger partial charge in [0.15, 0.2) is 12.4 Å². The van der Waals surface area contributed by atoms with Gasteiger partial charge >= 0.3 is 5.97 Å². The number of hydrogen-bond donors (Lipinski definition) is 3. The molecule has 0 atom stereocenters. The number of esters is 1.